The van der Waals surface area contributed by atoms with Crippen LogP contribution in [0.15, 0.2) is 30.3 Å². The molecule has 94 valence electrons. The summed E-state index contributed by atoms with van der Waals surface area (Å²) in [6.45, 7) is 3.27. The number of benzene rings is 1. The molecule has 2 rings (SSSR count). The summed E-state index contributed by atoms with van der Waals surface area (Å²) < 4.78 is 6.04. The zero-order chi connectivity index (χ0) is 12.3. The Labute approximate surface area is 109 Å². The van der Waals surface area contributed by atoms with Crippen LogP contribution >= 0.6 is 0 Å². The highest BCUT2D eigenvalue weighted by molar-refractivity contribution is 6.74. The van der Waals surface area contributed by atoms with Gasteiger partial charge in [-0.15, -0.1) is 0 Å². The smallest absolute Gasteiger partial charge is 0.0891 e. The molecule has 0 bridgehead atoms. The Morgan fingerprint density at radius 2 is 2.06 bits per heavy atom. The molecule has 0 amide bonds. The molecule has 2 N–H and O–H groups in total. The average molecular weight is 266 g/mol. The Morgan fingerprint density at radius 1 is 1.35 bits per heavy atom. The molecule has 2 nitrogen and oxygen atoms in total. The first-order valence-corrected chi connectivity index (χ1v) is 9.98. The van der Waals surface area contributed by atoms with Gasteiger partial charge in [0.15, 0.2) is 0 Å². The standard InChI is InChI=1S/C13H23NOSi2/c1-17(11-7-3-2-4-8-11)12(14)13(16)9-5-6-10-15-13/h2-4,7-8,12,17H,5-6,9-10,14H2,1,16H3. The van der Waals surface area contributed by atoms with Gasteiger partial charge < -0.3 is 10.5 Å². The predicted octanol–water partition coefficient (Wildman–Crippen LogP) is -0.121. The van der Waals surface area contributed by atoms with Crippen molar-refractivity contribution in [3.8, 4) is 0 Å². The van der Waals surface area contributed by atoms with Crippen molar-refractivity contribution in [1.82, 2.24) is 0 Å². The summed E-state index contributed by atoms with van der Waals surface area (Å²) in [6, 6.07) is 10.8. The van der Waals surface area contributed by atoms with Crippen molar-refractivity contribution in [3.63, 3.8) is 0 Å². The van der Waals surface area contributed by atoms with Gasteiger partial charge in [0, 0.05) is 22.5 Å². The van der Waals surface area contributed by atoms with Crippen LogP contribution in [0.25, 0.3) is 0 Å². The maximum Gasteiger partial charge on any atom is 0.0891 e. The Balaban J connectivity index is 2.11. The van der Waals surface area contributed by atoms with Gasteiger partial charge in [0.1, 0.15) is 0 Å². The third kappa shape index (κ3) is 2.88. The molecule has 0 radical (unpaired) electrons. The third-order valence-corrected chi connectivity index (χ3v) is 9.41. The second-order valence-electron chi connectivity index (χ2n) is 5.34. The quantitative estimate of drug-likeness (QED) is 0.774. The Hall–Kier alpha value is -0.426. The molecule has 1 heterocycles. The van der Waals surface area contributed by atoms with Crippen molar-refractivity contribution in [1.29, 1.82) is 0 Å². The van der Waals surface area contributed by atoms with Crippen LogP contribution in [0.1, 0.15) is 19.3 Å². The van der Waals surface area contributed by atoms with Crippen molar-refractivity contribution in [3.05, 3.63) is 30.3 Å². The molecule has 3 atom stereocenters. The van der Waals surface area contributed by atoms with E-state index in [1.54, 1.807) is 0 Å². The van der Waals surface area contributed by atoms with Gasteiger partial charge in [-0.2, -0.15) is 0 Å². The molecule has 3 unspecified atom stereocenters. The minimum atomic E-state index is -1.11. The second kappa shape index (κ2) is 5.48. The molecule has 1 aromatic carbocycles. The van der Waals surface area contributed by atoms with Crippen LogP contribution in [0.4, 0.5) is 0 Å². The van der Waals surface area contributed by atoms with E-state index in [1.807, 2.05) is 0 Å². The summed E-state index contributed by atoms with van der Waals surface area (Å²) in [5.74, 6) is 0. The van der Waals surface area contributed by atoms with Crippen LogP contribution in [-0.4, -0.2) is 36.5 Å². The van der Waals surface area contributed by atoms with Crippen molar-refractivity contribution >= 4 is 24.2 Å². The molecule has 0 saturated carbocycles. The monoisotopic (exact) mass is 265 g/mol. The van der Waals surface area contributed by atoms with E-state index in [1.165, 1.54) is 24.4 Å². The van der Waals surface area contributed by atoms with E-state index in [-0.39, 0.29) is 10.9 Å². The Bertz CT molecular complexity index is 352. The zero-order valence-corrected chi connectivity index (χ0v) is 14.0. The van der Waals surface area contributed by atoms with Crippen molar-refractivity contribution in [2.45, 2.75) is 36.7 Å². The lowest BCUT2D eigenvalue weighted by atomic mass is 10.1. The first kappa shape index (κ1) is 13.0. The van der Waals surface area contributed by atoms with Gasteiger partial charge in [-0.3, -0.25) is 0 Å². The minimum Gasteiger partial charge on any atom is -0.378 e. The summed E-state index contributed by atoms with van der Waals surface area (Å²) in [7, 11) is -0.0572. The predicted molar refractivity (Wildman–Crippen MR) is 79.5 cm³/mol. The highest BCUT2D eigenvalue weighted by atomic mass is 28.3. The fraction of sp³-hybridized carbons (Fsp3) is 0.538. The average Bonchev–Trinajstić information content (AvgIpc) is 2.39. The molecule has 4 heteroatoms. The molecule has 0 spiro atoms. The molecular weight excluding hydrogens is 242 g/mol. The second-order valence-corrected chi connectivity index (χ2v) is 10.00. The molecule has 1 aromatic rings. The Kier molecular flexibility index (Phi) is 4.19. The van der Waals surface area contributed by atoms with E-state index in [0.29, 0.717) is 0 Å². The van der Waals surface area contributed by atoms with Crippen LogP contribution in [0.3, 0.4) is 0 Å². The van der Waals surface area contributed by atoms with Crippen LogP contribution in [-0.2, 0) is 4.74 Å². The fourth-order valence-electron chi connectivity index (χ4n) is 2.71. The van der Waals surface area contributed by atoms with Crippen LogP contribution in [0, 0.1) is 0 Å². The molecule has 0 aliphatic carbocycles. The lowest BCUT2D eigenvalue weighted by molar-refractivity contribution is -0.0199. The first-order chi connectivity index (χ1) is 8.13. The van der Waals surface area contributed by atoms with Crippen molar-refractivity contribution in [2.75, 3.05) is 6.61 Å². The summed E-state index contributed by atoms with van der Waals surface area (Å²) in [6.07, 6.45) is 3.66. The van der Waals surface area contributed by atoms with Gasteiger partial charge in [0.25, 0.3) is 0 Å². The highest BCUT2D eigenvalue weighted by Crippen LogP contribution is 2.25. The number of nitrogens with two attached hydrogens (primary N) is 1. The van der Waals surface area contributed by atoms with Gasteiger partial charge in [-0.05, 0) is 19.3 Å². The molecule has 1 fully saturated rings. The molecule has 0 aromatic heterocycles. The zero-order valence-electron chi connectivity index (χ0n) is 10.9. The Morgan fingerprint density at radius 3 is 2.65 bits per heavy atom. The number of hydrogen-bond donors (Lipinski definition) is 1. The molecule has 1 aliphatic heterocycles. The topological polar surface area (TPSA) is 35.2 Å². The number of ether oxygens (including phenoxy) is 1. The fourth-order valence-corrected chi connectivity index (χ4v) is 7.33. The van der Waals surface area contributed by atoms with E-state index >= 15 is 0 Å². The normalized spacial score (nSPS) is 28.8. The van der Waals surface area contributed by atoms with E-state index in [4.69, 9.17) is 10.5 Å². The lowest BCUT2D eigenvalue weighted by Gasteiger charge is -2.41. The van der Waals surface area contributed by atoms with E-state index < -0.39 is 8.80 Å². The summed E-state index contributed by atoms with van der Waals surface area (Å²) >= 11 is 0. The van der Waals surface area contributed by atoms with Crippen LogP contribution in [0.2, 0.25) is 6.55 Å². The van der Waals surface area contributed by atoms with Gasteiger partial charge >= 0.3 is 0 Å². The van der Waals surface area contributed by atoms with Crippen LogP contribution < -0.4 is 10.9 Å². The maximum absolute atomic E-state index is 6.53. The molecule has 1 aliphatic rings. The third-order valence-electron chi connectivity index (χ3n) is 4.07. The highest BCUT2D eigenvalue weighted by Gasteiger charge is 2.38. The largest absolute Gasteiger partial charge is 0.378 e. The molecule has 17 heavy (non-hydrogen) atoms. The number of hydrogen-bond acceptors (Lipinski definition) is 2. The van der Waals surface area contributed by atoms with Gasteiger partial charge in [0.2, 0.25) is 0 Å². The van der Waals surface area contributed by atoms with Crippen molar-refractivity contribution < 1.29 is 4.74 Å². The number of rotatable bonds is 3. The molecule has 1 saturated heterocycles. The van der Waals surface area contributed by atoms with Crippen LogP contribution in [0.5, 0.6) is 0 Å². The van der Waals surface area contributed by atoms with E-state index in [0.717, 1.165) is 16.8 Å². The van der Waals surface area contributed by atoms with Gasteiger partial charge in [-0.1, -0.05) is 42.1 Å². The van der Waals surface area contributed by atoms with Gasteiger partial charge in [-0.25, -0.2) is 0 Å². The summed E-state index contributed by atoms with van der Waals surface area (Å²) in [4.78, 5) is 0. The van der Waals surface area contributed by atoms with E-state index in [9.17, 15) is 0 Å². The van der Waals surface area contributed by atoms with E-state index in [2.05, 4.69) is 36.9 Å². The SMILES string of the molecule is C[SiH](c1ccccc1)C(N)C1([SiH3])CCCCO1. The maximum atomic E-state index is 6.53. The van der Waals surface area contributed by atoms with Gasteiger partial charge in [0.05, 0.1) is 14.0 Å². The first-order valence-electron chi connectivity index (χ1n) is 6.58. The summed E-state index contributed by atoms with van der Waals surface area (Å²) in [5, 5.41) is 1.50. The summed E-state index contributed by atoms with van der Waals surface area (Å²) in [5.41, 5.74) is 6.79. The minimum absolute atomic E-state index is 0.0414. The van der Waals surface area contributed by atoms with Crippen molar-refractivity contribution in [2.24, 2.45) is 5.73 Å². The lowest BCUT2D eigenvalue weighted by Crippen LogP contribution is -2.62. The molecular formula is C13H23NOSi2.